The number of phenols is 1. The van der Waals surface area contributed by atoms with Gasteiger partial charge >= 0.3 is 22.8 Å². The van der Waals surface area contributed by atoms with Gasteiger partial charge in [0.05, 0.1) is 37.2 Å². The summed E-state index contributed by atoms with van der Waals surface area (Å²) in [5.41, 5.74) is 0.0475. The molecule has 3 aromatic carbocycles. The molecule has 0 saturated heterocycles. The van der Waals surface area contributed by atoms with Gasteiger partial charge in [0, 0.05) is 26.2 Å². The average molecular weight is 771 g/mol. The number of aromatic nitrogens is 1. The maximum atomic E-state index is 13.2. The van der Waals surface area contributed by atoms with Gasteiger partial charge in [0.15, 0.2) is 5.60 Å². The van der Waals surface area contributed by atoms with E-state index in [0.717, 1.165) is 54.1 Å². The fourth-order valence-electron chi connectivity index (χ4n) is 5.82. The van der Waals surface area contributed by atoms with E-state index in [1.807, 2.05) is 11.0 Å². The summed E-state index contributed by atoms with van der Waals surface area (Å²) in [6.07, 6.45) is -0.379. The van der Waals surface area contributed by atoms with E-state index in [4.69, 9.17) is 25.2 Å². The number of aliphatic carboxylic acids is 3. The Hall–Kier alpha value is -4.87. The van der Waals surface area contributed by atoms with Crippen LogP contribution in [0.3, 0.4) is 0 Å². The Morgan fingerprint density at radius 2 is 1.52 bits per heavy atom. The molecule has 1 aromatic heterocycles. The molecule has 0 atom stereocenters. The largest absolute Gasteiger partial charge is 0.506 e. The number of amides is 1. The minimum Gasteiger partial charge on any atom is -0.506 e. The summed E-state index contributed by atoms with van der Waals surface area (Å²) in [5, 5.41) is 49.8. The van der Waals surface area contributed by atoms with E-state index in [-0.39, 0.29) is 16.5 Å². The van der Waals surface area contributed by atoms with Crippen molar-refractivity contribution >= 4 is 56.1 Å². The number of rotatable bonds is 22. The lowest BCUT2D eigenvalue weighted by atomic mass is 9.96. The summed E-state index contributed by atoms with van der Waals surface area (Å²) < 4.78 is 6.70. The standard InChI is InChI=1S/C32H42N4O4S.C6H8O7/c1-3-35(4-2)20-21-36(19-18-33-17-14-26-12-13-28(37)30-31(26)41-32(39)34-30)29(38)16-23-40-22-15-25-10-7-9-24-8-5-6-11-27(24)25;7-3(8)1-6(13,5(11)12)2-4(9)10/h5-13,33,37H,3-4,14-23H2,1-2H3,(H,34,39);13H,1-2H2,(H,7,8)(H,9,10)(H,11,12). The Kier molecular flexibility index (Phi) is 17.5. The highest BCUT2D eigenvalue weighted by molar-refractivity contribution is 7.16. The second kappa shape index (κ2) is 21.7. The van der Waals surface area contributed by atoms with Crippen LogP contribution >= 0.6 is 11.3 Å². The highest BCUT2D eigenvalue weighted by atomic mass is 32.1. The smallest absolute Gasteiger partial charge is 0.336 e. The molecule has 0 aliphatic rings. The second-order valence-corrected chi connectivity index (χ2v) is 13.6. The van der Waals surface area contributed by atoms with Crippen LogP contribution in [0.1, 0.15) is 44.2 Å². The van der Waals surface area contributed by atoms with Crippen molar-refractivity contribution in [3.05, 3.63) is 75.4 Å². The zero-order valence-electron chi connectivity index (χ0n) is 30.6. The maximum absolute atomic E-state index is 13.2. The number of aromatic amines is 1. The van der Waals surface area contributed by atoms with Gasteiger partial charge in [0.1, 0.15) is 11.3 Å². The molecule has 1 heterocycles. The number of carboxylic acids is 3. The Balaban J connectivity index is 0.000000515. The number of H-pyrrole nitrogens is 1. The Morgan fingerprint density at radius 1 is 0.833 bits per heavy atom. The molecule has 0 spiro atoms. The lowest BCUT2D eigenvalue weighted by Gasteiger charge is -2.27. The number of fused-ring (bicyclic) bond motifs is 2. The normalized spacial score (nSPS) is 11.4. The van der Waals surface area contributed by atoms with Gasteiger partial charge in [0.2, 0.25) is 5.91 Å². The summed E-state index contributed by atoms with van der Waals surface area (Å²) in [6.45, 7) is 10.7. The number of aromatic hydroxyl groups is 1. The molecule has 0 aliphatic carbocycles. The minimum absolute atomic E-state index is 0.0926. The van der Waals surface area contributed by atoms with Crippen LogP contribution in [0.15, 0.2) is 59.4 Å². The van der Waals surface area contributed by atoms with E-state index in [1.54, 1.807) is 6.07 Å². The molecule has 4 aromatic rings. The highest BCUT2D eigenvalue weighted by Gasteiger charge is 2.40. The van der Waals surface area contributed by atoms with Crippen LogP contribution in [-0.4, -0.2) is 129 Å². The van der Waals surface area contributed by atoms with Gasteiger partial charge in [0.25, 0.3) is 0 Å². The summed E-state index contributed by atoms with van der Waals surface area (Å²) in [5.74, 6) is -4.81. The second-order valence-electron chi connectivity index (χ2n) is 12.6. The first-order valence-electron chi connectivity index (χ1n) is 17.8. The Morgan fingerprint density at radius 3 is 2.19 bits per heavy atom. The third kappa shape index (κ3) is 13.5. The molecule has 1 amide bonds. The maximum Gasteiger partial charge on any atom is 0.336 e. The SMILES string of the molecule is CCN(CC)CCN(CCNCCc1ccc(O)c2[nH]c(=O)sc12)C(=O)CCOCCc1cccc2ccccc12.O=C(O)CC(O)(CC(=O)O)C(=O)O. The number of likely N-dealkylation sites (N-methyl/N-ethyl adjacent to an activating group) is 1. The number of phenolic OH excluding ortho intramolecular Hbond substituents is 1. The van der Waals surface area contributed by atoms with Gasteiger partial charge in [-0.1, -0.05) is 73.7 Å². The van der Waals surface area contributed by atoms with E-state index < -0.39 is 36.4 Å². The number of hydrogen-bond acceptors (Lipinski definition) is 11. The van der Waals surface area contributed by atoms with E-state index >= 15 is 0 Å². The average Bonchev–Trinajstić information content (AvgIpc) is 3.53. The third-order valence-corrected chi connectivity index (χ3v) is 9.80. The van der Waals surface area contributed by atoms with Crippen LogP contribution in [0.5, 0.6) is 5.75 Å². The van der Waals surface area contributed by atoms with Crippen molar-refractivity contribution in [2.75, 3.05) is 59.0 Å². The first-order valence-corrected chi connectivity index (χ1v) is 18.6. The van der Waals surface area contributed by atoms with Crippen molar-refractivity contribution in [1.82, 2.24) is 20.1 Å². The first kappa shape index (κ1) is 43.5. The third-order valence-electron chi connectivity index (χ3n) is 8.84. The predicted molar refractivity (Wildman–Crippen MR) is 205 cm³/mol. The molecule has 0 unspecified atom stereocenters. The lowest BCUT2D eigenvalue weighted by molar-refractivity contribution is -0.170. The van der Waals surface area contributed by atoms with Crippen molar-refractivity contribution in [3.8, 4) is 5.75 Å². The van der Waals surface area contributed by atoms with Crippen molar-refractivity contribution in [2.24, 2.45) is 0 Å². The summed E-state index contributed by atoms with van der Waals surface area (Å²) in [6, 6.07) is 18.2. The molecule has 0 saturated carbocycles. The van der Waals surface area contributed by atoms with Crippen LogP contribution in [0.25, 0.3) is 21.0 Å². The van der Waals surface area contributed by atoms with E-state index in [0.29, 0.717) is 51.3 Å². The zero-order chi connectivity index (χ0) is 39.7. The van der Waals surface area contributed by atoms with Crippen LogP contribution < -0.4 is 10.2 Å². The number of ether oxygens (including phenoxy) is 1. The number of nitrogens with zero attached hydrogens (tertiary/aromatic N) is 2. The fourth-order valence-corrected chi connectivity index (χ4v) is 6.72. The summed E-state index contributed by atoms with van der Waals surface area (Å²) >= 11 is 1.12. The van der Waals surface area contributed by atoms with Gasteiger partial charge in [-0.05, 0) is 60.4 Å². The molecule has 4 rings (SSSR count). The number of aliphatic hydroxyl groups is 1. The number of nitrogens with one attached hydrogen (secondary N) is 2. The van der Waals surface area contributed by atoms with Gasteiger partial charge in [-0.2, -0.15) is 0 Å². The lowest BCUT2D eigenvalue weighted by Crippen LogP contribution is -2.42. The topological polar surface area (TPSA) is 230 Å². The van der Waals surface area contributed by atoms with Crippen LogP contribution in [0, 0.1) is 0 Å². The molecule has 0 aliphatic heterocycles. The quantitative estimate of drug-likeness (QED) is 0.0571. The van der Waals surface area contributed by atoms with Gasteiger partial charge in [-0.15, -0.1) is 0 Å². The molecule has 15 nitrogen and oxygen atoms in total. The molecular formula is C38H50N4O11S. The van der Waals surface area contributed by atoms with E-state index in [2.05, 4.69) is 71.5 Å². The van der Waals surface area contributed by atoms with Crippen LogP contribution in [0.2, 0.25) is 0 Å². The van der Waals surface area contributed by atoms with E-state index in [1.165, 1.54) is 16.3 Å². The van der Waals surface area contributed by atoms with Gasteiger partial charge in [-0.3, -0.25) is 19.2 Å². The molecular weight excluding hydrogens is 721 g/mol. The fraction of sp³-hybridized carbons (Fsp3) is 0.447. The number of benzene rings is 3. The van der Waals surface area contributed by atoms with Crippen molar-refractivity contribution in [3.63, 3.8) is 0 Å². The number of carbonyl (C=O) groups excluding carboxylic acids is 1. The number of carboxylic acid groups (broad SMARTS) is 3. The van der Waals surface area contributed by atoms with Crippen molar-refractivity contribution in [1.29, 1.82) is 0 Å². The number of hydrogen-bond donors (Lipinski definition) is 7. The molecule has 294 valence electrons. The molecule has 16 heteroatoms. The number of thiazole rings is 1. The predicted octanol–water partition coefficient (Wildman–Crippen LogP) is 3.15. The van der Waals surface area contributed by atoms with Gasteiger partial charge < -0.3 is 50.4 Å². The molecule has 0 bridgehead atoms. The van der Waals surface area contributed by atoms with Crippen molar-refractivity contribution < 1.29 is 49.4 Å². The van der Waals surface area contributed by atoms with Crippen LogP contribution in [0.4, 0.5) is 0 Å². The van der Waals surface area contributed by atoms with Crippen LogP contribution in [-0.2, 0) is 36.8 Å². The van der Waals surface area contributed by atoms with Crippen molar-refractivity contribution in [2.45, 2.75) is 51.6 Å². The zero-order valence-corrected chi connectivity index (χ0v) is 31.4. The first-order chi connectivity index (χ1) is 25.8. The number of carbonyl (C=O) groups is 4. The Labute approximate surface area is 316 Å². The summed E-state index contributed by atoms with van der Waals surface area (Å²) in [7, 11) is 0. The monoisotopic (exact) mass is 770 g/mol. The molecule has 7 N–H and O–H groups in total. The molecule has 54 heavy (non-hydrogen) atoms. The van der Waals surface area contributed by atoms with Gasteiger partial charge in [-0.25, -0.2) is 4.79 Å². The Bertz CT molecular complexity index is 1890. The molecule has 0 radical (unpaired) electrons. The van der Waals surface area contributed by atoms with E-state index in [9.17, 15) is 29.1 Å². The molecule has 0 fully saturated rings. The minimum atomic E-state index is -2.74. The summed E-state index contributed by atoms with van der Waals surface area (Å²) in [4.78, 5) is 62.2. The highest BCUT2D eigenvalue weighted by Crippen LogP contribution is 2.28.